The Labute approximate surface area is 478 Å². The first-order valence-electron chi connectivity index (χ1n) is 28.7. The van der Waals surface area contributed by atoms with Crippen LogP contribution in [0.15, 0.2) is 74.9 Å². The molecule has 0 aliphatic heterocycles. The van der Waals surface area contributed by atoms with E-state index in [1.54, 1.807) is 45.6 Å². The fraction of sp³-hybridized carbons (Fsp3) is 0.677. The lowest BCUT2D eigenvalue weighted by atomic mass is 9.84. The maximum atomic E-state index is 11.8. The molecule has 0 saturated heterocycles. The Morgan fingerprint density at radius 2 is 0.838 bits per heavy atom. The van der Waals surface area contributed by atoms with Gasteiger partial charge in [0.2, 0.25) is 0 Å². The van der Waals surface area contributed by atoms with Crippen LogP contribution in [0.4, 0.5) is 4.79 Å². The van der Waals surface area contributed by atoms with Crippen molar-refractivity contribution in [2.75, 3.05) is 74.7 Å². The van der Waals surface area contributed by atoms with Gasteiger partial charge in [0, 0.05) is 52.2 Å². The van der Waals surface area contributed by atoms with Crippen LogP contribution in [-0.2, 0) is 71.3 Å². The van der Waals surface area contributed by atoms with Crippen LogP contribution in [0.1, 0.15) is 162 Å². The molecule has 2 aliphatic carbocycles. The van der Waals surface area contributed by atoms with Crippen molar-refractivity contribution < 1.29 is 85.6 Å². The standard InChI is InChI=1S/C16H30O4.C16H28O3.C15H18O6.C15H24O5/c1-5-16(17)20-13-9-7-6-8-12-19-15(3)11-10-14(2)18-4;1-3-16(17)19-13-7-5-4-6-8-14-9-11-15(18-2)12-10-14;1-3-14(16)19-10-4-5-11-20-15(17)21-13-8-6-12(18-2)7-9-13;1-3-14(16)19-10-4-5-11-20-15(17)12-6-8-13(18-2)9-7-12/h5,14-15H,1,6-13H2,2-4H3;3,14-15H,1,4-13H2,2H3;3,6-9H,1,4-5,10-11H2,2H3;3,12-13H,1,4-11H2,2H3. The summed E-state index contributed by atoms with van der Waals surface area (Å²) < 4.78 is 61.1. The predicted octanol–water partition coefficient (Wildman–Crippen LogP) is 12.3. The van der Waals surface area contributed by atoms with Gasteiger partial charge in [0.15, 0.2) is 0 Å². The second-order valence-corrected chi connectivity index (χ2v) is 19.5. The maximum absolute atomic E-state index is 11.8. The third-order valence-electron chi connectivity index (χ3n) is 13.2. The van der Waals surface area contributed by atoms with Crippen molar-refractivity contribution in [2.24, 2.45) is 11.8 Å². The molecule has 2 aliphatic rings. The number of esters is 5. The number of carbonyl (C=O) groups excluding carboxylic acids is 6. The number of rotatable bonds is 38. The molecule has 0 N–H and O–H groups in total. The molecule has 1 aromatic rings. The Hall–Kier alpha value is -5.56. The minimum absolute atomic E-state index is 0.0139. The van der Waals surface area contributed by atoms with E-state index in [1.165, 1.54) is 57.1 Å². The number of hydrogen-bond donors (Lipinski definition) is 0. The third-order valence-corrected chi connectivity index (χ3v) is 13.2. The molecule has 0 amide bonds. The van der Waals surface area contributed by atoms with Crippen LogP contribution in [0.25, 0.3) is 0 Å². The molecule has 2 unspecified atom stereocenters. The minimum Gasteiger partial charge on any atom is -0.497 e. The molecule has 456 valence electrons. The van der Waals surface area contributed by atoms with E-state index in [-0.39, 0.29) is 37.0 Å². The molecule has 3 rings (SSSR count). The molecular formula is C62H100O18. The Morgan fingerprint density at radius 3 is 1.26 bits per heavy atom. The lowest BCUT2D eigenvalue weighted by molar-refractivity contribution is -0.151. The van der Waals surface area contributed by atoms with Crippen molar-refractivity contribution in [1.29, 1.82) is 0 Å². The molecule has 0 heterocycles. The van der Waals surface area contributed by atoms with Crippen LogP contribution in [0, 0.1) is 11.8 Å². The van der Waals surface area contributed by atoms with E-state index in [0.29, 0.717) is 88.0 Å². The van der Waals surface area contributed by atoms with Gasteiger partial charge in [-0.15, -0.1) is 0 Å². The second kappa shape index (κ2) is 51.6. The quantitative estimate of drug-likeness (QED) is 0.0198. The highest BCUT2D eigenvalue weighted by molar-refractivity contribution is 5.82. The van der Waals surface area contributed by atoms with Gasteiger partial charge in [0.25, 0.3) is 0 Å². The third kappa shape index (κ3) is 43.3. The number of benzene rings is 1. The Bertz CT molecular complexity index is 1800. The number of unbranched alkanes of at least 4 members (excludes halogenated alkanes) is 8. The molecule has 80 heavy (non-hydrogen) atoms. The lowest BCUT2D eigenvalue weighted by Gasteiger charge is -2.27. The summed E-state index contributed by atoms with van der Waals surface area (Å²) >= 11 is 0. The monoisotopic (exact) mass is 1130 g/mol. The van der Waals surface area contributed by atoms with Gasteiger partial charge in [-0.1, -0.05) is 58.4 Å². The van der Waals surface area contributed by atoms with Crippen LogP contribution >= 0.6 is 0 Å². The number of carbonyl (C=O) groups is 6. The van der Waals surface area contributed by atoms with E-state index in [2.05, 4.69) is 40.2 Å². The first-order chi connectivity index (χ1) is 38.7. The Kier molecular flexibility index (Phi) is 48.0. The van der Waals surface area contributed by atoms with Crippen molar-refractivity contribution >= 4 is 36.0 Å². The van der Waals surface area contributed by atoms with E-state index in [4.69, 9.17) is 56.8 Å². The lowest BCUT2D eigenvalue weighted by Crippen LogP contribution is -2.27. The highest BCUT2D eigenvalue weighted by atomic mass is 16.7. The summed E-state index contributed by atoms with van der Waals surface area (Å²) in [7, 11) is 6.83. The molecule has 18 nitrogen and oxygen atoms in total. The summed E-state index contributed by atoms with van der Waals surface area (Å²) in [6.45, 7) is 20.5. The van der Waals surface area contributed by atoms with Crippen molar-refractivity contribution in [3.63, 3.8) is 0 Å². The van der Waals surface area contributed by atoms with Crippen molar-refractivity contribution in [1.82, 2.24) is 0 Å². The molecule has 1 aromatic carbocycles. The number of ether oxygens (including phenoxy) is 12. The summed E-state index contributed by atoms with van der Waals surface area (Å²) in [4.78, 5) is 66.3. The highest BCUT2D eigenvalue weighted by Gasteiger charge is 2.27. The number of hydrogen-bond acceptors (Lipinski definition) is 18. The molecule has 0 radical (unpaired) electrons. The SMILES string of the molecule is C=CC(=O)OCCCCCCC1CCC(OC)CC1.C=CC(=O)OCCCCCCOC(C)CCC(C)OC.C=CC(=O)OCCCCOC(=O)C1CCC(OC)CC1.C=CC(=O)OCCCCOC(=O)Oc1ccc(OC)cc1. The molecule has 2 atom stereocenters. The molecule has 2 fully saturated rings. The highest BCUT2D eigenvalue weighted by Crippen LogP contribution is 2.30. The van der Waals surface area contributed by atoms with E-state index in [9.17, 15) is 28.8 Å². The van der Waals surface area contributed by atoms with Gasteiger partial charge in [-0.3, -0.25) is 4.79 Å². The molecule has 0 spiro atoms. The van der Waals surface area contributed by atoms with Crippen LogP contribution in [0.5, 0.6) is 11.5 Å². The topological polar surface area (TPSA) is 213 Å². The van der Waals surface area contributed by atoms with Gasteiger partial charge in [-0.2, -0.15) is 0 Å². The van der Waals surface area contributed by atoms with Gasteiger partial charge in [0.1, 0.15) is 11.5 Å². The van der Waals surface area contributed by atoms with Crippen molar-refractivity contribution in [3.8, 4) is 11.5 Å². The maximum Gasteiger partial charge on any atom is 0.513 e. The first kappa shape index (κ1) is 74.4. The fourth-order valence-electron chi connectivity index (χ4n) is 8.14. The van der Waals surface area contributed by atoms with Gasteiger partial charge in [-0.05, 0) is 160 Å². The normalized spacial score (nSPS) is 16.9. The summed E-state index contributed by atoms with van der Waals surface area (Å²) in [6, 6.07) is 6.57. The average molecular weight is 1130 g/mol. The fourth-order valence-corrected chi connectivity index (χ4v) is 8.14. The molecular weight excluding hydrogens is 1030 g/mol. The van der Waals surface area contributed by atoms with Gasteiger partial charge >= 0.3 is 36.0 Å². The molecule has 2 saturated carbocycles. The summed E-state index contributed by atoms with van der Waals surface area (Å²) in [5.41, 5.74) is 0. The van der Waals surface area contributed by atoms with Crippen molar-refractivity contribution in [3.05, 3.63) is 74.9 Å². The van der Waals surface area contributed by atoms with Crippen LogP contribution in [0.2, 0.25) is 0 Å². The van der Waals surface area contributed by atoms with E-state index < -0.39 is 18.1 Å². The average Bonchev–Trinajstić information content (AvgIpc) is 3.49. The van der Waals surface area contributed by atoms with E-state index in [0.717, 1.165) is 102 Å². The summed E-state index contributed by atoms with van der Waals surface area (Å²) in [6.07, 6.45) is 28.7. The Balaban J connectivity index is 0.00000104. The molecule has 0 bridgehead atoms. The summed E-state index contributed by atoms with van der Waals surface area (Å²) in [5.74, 6) is 0.326. The zero-order chi connectivity index (χ0) is 59.4. The van der Waals surface area contributed by atoms with Crippen LogP contribution < -0.4 is 9.47 Å². The van der Waals surface area contributed by atoms with Gasteiger partial charge in [0.05, 0.1) is 77.1 Å². The van der Waals surface area contributed by atoms with E-state index >= 15 is 0 Å². The van der Waals surface area contributed by atoms with Crippen LogP contribution in [-0.4, -0.2) is 135 Å². The van der Waals surface area contributed by atoms with Gasteiger partial charge in [-0.25, -0.2) is 24.0 Å². The van der Waals surface area contributed by atoms with Gasteiger partial charge < -0.3 is 56.8 Å². The van der Waals surface area contributed by atoms with Crippen LogP contribution in [0.3, 0.4) is 0 Å². The largest absolute Gasteiger partial charge is 0.513 e. The Morgan fingerprint density at radius 1 is 0.463 bits per heavy atom. The zero-order valence-electron chi connectivity index (χ0n) is 49.5. The molecule has 0 aromatic heterocycles. The molecule has 18 heteroatoms. The van der Waals surface area contributed by atoms with E-state index in [1.807, 2.05) is 7.11 Å². The second-order valence-electron chi connectivity index (χ2n) is 19.5. The zero-order valence-corrected chi connectivity index (χ0v) is 49.5. The minimum atomic E-state index is -0.775. The van der Waals surface area contributed by atoms with Crippen molar-refractivity contribution in [2.45, 2.75) is 186 Å². The predicted molar refractivity (Wildman–Crippen MR) is 307 cm³/mol. The number of methoxy groups -OCH3 is 4. The smallest absolute Gasteiger partial charge is 0.497 e. The summed E-state index contributed by atoms with van der Waals surface area (Å²) in [5, 5.41) is 0. The first-order valence-corrected chi connectivity index (χ1v) is 28.7.